The summed E-state index contributed by atoms with van der Waals surface area (Å²) in [5.41, 5.74) is 5.35. The molecule has 0 bridgehead atoms. The molecular weight excluding hydrogens is 220 g/mol. The second kappa shape index (κ2) is 6.65. The molecular formula is C12H16N2O3. The van der Waals surface area contributed by atoms with Gasteiger partial charge < -0.3 is 4.74 Å². The molecule has 5 heteroatoms. The van der Waals surface area contributed by atoms with Gasteiger partial charge in [0.1, 0.15) is 0 Å². The van der Waals surface area contributed by atoms with Crippen LogP contribution in [0.4, 0.5) is 0 Å². The van der Waals surface area contributed by atoms with Crippen LogP contribution >= 0.6 is 0 Å². The minimum Gasteiger partial charge on any atom is -0.367 e. The van der Waals surface area contributed by atoms with Crippen LogP contribution in [0.15, 0.2) is 30.3 Å². The highest BCUT2D eigenvalue weighted by Crippen LogP contribution is 2.15. The minimum absolute atomic E-state index is 0.249. The number of hydrogen-bond donors (Lipinski definition) is 2. The molecule has 0 aliphatic heterocycles. The van der Waals surface area contributed by atoms with Gasteiger partial charge in [0.25, 0.3) is 5.91 Å². The predicted molar refractivity (Wildman–Crippen MR) is 62.8 cm³/mol. The molecule has 1 aromatic carbocycles. The van der Waals surface area contributed by atoms with Crippen LogP contribution in [-0.4, -0.2) is 18.9 Å². The minimum atomic E-state index is -0.728. The molecule has 17 heavy (non-hydrogen) atoms. The maximum atomic E-state index is 11.7. The van der Waals surface area contributed by atoms with E-state index >= 15 is 0 Å². The first-order valence-corrected chi connectivity index (χ1v) is 5.35. The number of benzene rings is 1. The number of ether oxygens (including phenoxy) is 1. The predicted octanol–water partition coefficient (Wildman–Crippen LogP) is 0.931. The smallest absolute Gasteiger partial charge is 0.272 e. The summed E-state index contributed by atoms with van der Waals surface area (Å²) in [6.45, 7) is 1.70. The van der Waals surface area contributed by atoms with Crippen molar-refractivity contribution in [3.8, 4) is 0 Å². The molecule has 1 unspecified atom stereocenters. The zero-order chi connectivity index (χ0) is 12.7. The Bertz CT molecular complexity index is 379. The second-order valence-corrected chi connectivity index (χ2v) is 3.42. The summed E-state index contributed by atoms with van der Waals surface area (Å²) in [5.74, 6) is -0.651. The van der Waals surface area contributed by atoms with Crippen LogP contribution in [0.1, 0.15) is 25.0 Å². The number of hydrazine groups is 1. The summed E-state index contributed by atoms with van der Waals surface area (Å²) in [7, 11) is 1.44. The van der Waals surface area contributed by atoms with Crippen molar-refractivity contribution in [2.75, 3.05) is 7.11 Å². The Morgan fingerprint density at radius 3 is 2.41 bits per heavy atom. The van der Waals surface area contributed by atoms with Gasteiger partial charge in [-0.15, -0.1) is 0 Å². The topological polar surface area (TPSA) is 67.4 Å². The molecule has 0 aliphatic rings. The zero-order valence-corrected chi connectivity index (χ0v) is 9.90. The van der Waals surface area contributed by atoms with Crippen molar-refractivity contribution in [1.82, 2.24) is 10.9 Å². The molecule has 0 aliphatic carbocycles. The molecule has 0 saturated carbocycles. The number of carbonyl (C=O) groups is 2. The van der Waals surface area contributed by atoms with Crippen molar-refractivity contribution in [3.63, 3.8) is 0 Å². The maximum absolute atomic E-state index is 11.7. The Kier molecular flexibility index (Phi) is 5.16. The fourth-order valence-electron chi connectivity index (χ4n) is 1.31. The standard InChI is InChI=1S/C12H16N2O3/c1-3-10(15)13-14-12(16)11(17-2)9-7-5-4-6-8-9/h4-8,11H,3H2,1-2H3,(H,13,15)(H,14,16). The highest BCUT2D eigenvalue weighted by molar-refractivity contribution is 5.85. The van der Waals surface area contributed by atoms with Gasteiger partial charge in [-0.1, -0.05) is 37.3 Å². The normalized spacial score (nSPS) is 11.6. The lowest BCUT2D eigenvalue weighted by atomic mass is 10.1. The van der Waals surface area contributed by atoms with E-state index in [1.165, 1.54) is 7.11 Å². The van der Waals surface area contributed by atoms with Crippen LogP contribution in [0, 0.1) is 0 Å². The molecule has 5 nitrogen and oxygen atoms in total. The van der Waals surface area contributed by atoms with Crippen LogP contribution in [0.2, 0.25) is 0 Å². The van der Waals surface area contributed by atoms with Gasteiger partial charge in [0, 0.05) is 13.5 Å². The van der Waals surface area contributed by atoms with Crippen LogP contribution in [-0.2, 0) is 14.3 Å². The van der Waals surface area contributed by atoms with E-state index in [2.05, 4.69) is 10.9 Å². The Balaban J connectivity index is 2.62. The first-order valence-electron chi connectivity index (χ1n) is 5.35. The summed E-state index contributed by atoms with van der Waals surface area (Å²) in [4.78, 5) is 22.7. The van der Waals surface area contributed by atoms with Crippen molar-refractivity contribution in [2.24, 2.45) is 0 Å². The SMILES string of the molecule is CCC(=O)NNC(=O)C(OC)c1ccccc1. The third kappa shape index (κ3) is 3.88. The summed E-state index contributed by atoms with van der Waals surface area (Å²) < 4.78 is 5.10. The lowest BCUT2D eigenvalue weighted by Crippen LogP contribution is -2.44. The summed E-state index contributed by atoms with van der Waals surface area (Å²) in [6.07, 6.45) is -0.420. The molecule has 0 saturated heterocycles. The van der Waals surface area contributed by atoms with Gasteiger partial charge in [-0.25, -0.2) is 0 Å². The van der Waals surface area contributed by atoms with Gasteiger partial charge in [0.05, 0.1) is 0 Å². The van der Waals surface area contributed by atoms with Gasteiger partial charge in [-0.3, -0.25) is 20.4 Å². The Morgan fingerprint density at radius 2 is 1.88 bits per heavy atom. The number of hydrogen-bond acceptors (Lipinski definition) is 3. The van der Waals surface area contributed by atoms with Crippen LogP contribution in [0.5, 0.6) is 0 Å². The highest BCUT2D eigenvalue weighted by atomic mass is 16.5. The molecule has 0 aromatic heterocycles. The fourth-order valence-corrected chi connectivity index (χ4v) is 1.31. The first-order chi connectivity index (χ1) is 8.19. The number of carbonyl (C=O) groups excluding carboxylic acids is 2. The average Bonchev–Trinajstić information content (AvgIpc) is 2.38. The number of nitrogens with one attached hydrogen (secondary N) is 2. The van der Waals surface area contributed by atoms with Gasteiger partial charge >= 0.3 is 0 Å². The Morgan fingerprint density at radius 1 is 1.24 bits per heavy atom. The third-order valence-corrected chi connectivity index (χ3v) is 2.22. The van der Waals surface area contributed by atoms with Gasteiger partial charge in [-0.2, -0.15) is 0 Å². The fraction of sp³-hybridized carbons (Fsp3) is 0.333. The molecule has 1 atom stereocenters. The maximum Gasteiger partial charge on any atom is 0.272 e. The second-order valence-electron chi connectivity index (χ2n) is 3.42. The quantitative estimate of drug-likeness (QED) is 0.764. The van der Waals surface area contributed by atoms with E-state index < -0.39 is 12.0 Å². The lowest BCUT2D eigenvalue weighted by molar-refractivity contribution is -0.135. The van der Waals surface area contributed by atoms with E-state index in [0.717, 1.165) is 5.56 Å². The summed E-state index contributed by atoms with van der Waals surface area (Å²) in [5, 5.41) is 0. The Labute approximate surface area is 100 Å². The van der Waals surface area contributed by atoms with Crippen LogP contribution < -0.4 is 10.9 Å². The molecule has 1 rings (SSSR count). The lowest BCUT2D eigenvalue weighted by Gasteiger charge is -2.15. The van der Waals surface area contributed by atoms with Crippen LogP contribution in [0.25, 0.3) is 0 Å². The van der Waals surface area contributed by atoms with Gasteiger partial charge in [0.2, 0.25) is 5.91 Å². The molecule has 92 valence electrons. The van der Waals surface area contributed by atoms with E-state index in [-0.39, 0.29) is 5.91 Å². The Hall–Kier alpha value is -1.88. The van der Waals surface area contributed by atoms with E-state index in [0.29, 0.717) is 6.42 Å². The van der Waals surface area contributed by atoms with Gasteiger partial charge in [0.15, 0.2) is 6.10 Å². The molecule has 0 fully saturated rings. The van der Waals surface area contributed by atoms with E-state index in [1.807, 2.05) is 18.2 Å². The van der Waals surface area contributed by atoms with Crippen molar-refractivity contribution < 1.29 is 14.3 Å². The van der Waals surface area contributed by atoms with Gasteiger partial charge in [-0.05, 0) is 5.56 Å². The first kappa shape index (κ1) is 13.2. The zero-order valence-electron chi connectivity index (χ0n) is 9.90. The highest BCUT2D eigenvalue weighted by Gasteiger charge is 2.19. The van der Waals surface area contributed by atoms with E-state index in [1.54, 1.807) is 19.1 Å². The summed E-state index contributed by atoms with van der Waals surface area (Å²) >= 11 is 0. The third-order valence-electron chi connectivity index (χ3n) is 2.22. The molecule has 1 aromatic rings. The average molecular weight is 236 g/mol. The summed E-state index contributed by atoms with van der Waals surface area (Å²) in [6, 6.07) is 9.07. The van der Waals surface area contributed by atoms with Crippen molar-refractivity contribution in [3.05, 3.63) is 35.9 Å². The number of rotatable bonds is 4. The molecule has 0 heterocycles. The van der Waals surface area contributed by atoms with E-state index in [4.69, 9.17) is 4.74 Å². The van der Waals surface area contributed by atoms with Crippen LogP contribution in [0.3, 0.4) is 0 Å². The van der Waals surface area contributed by atoms with Crippen molar-refractivity contribution in [2.45, 2.75) is 19.4 Å². The molecule has 2 N–H and O–H groups in total. The van der Waals surface area contributed by atoms with E-state index in [9.17, 15) is 9.59 Å². The molecule has 2 amide bonds. The molecule has 0 radical (unpaired) electrons. The number of methoxy groups -OCH3 is 1. The largest absolute Gasteiger partial charge is 0.367 e. The number of amides is 2. The van der Waals surface area contributed by atoms with Crippen molar-refractivity contribution >= 4 is 11.8 Å². The monoisotopic (exact) mass is 236 g/mol. The molecule has 0 spiro atoms. The van der Waals surface area contributed by atoms with Crippen molar-refractivity contribution in [1.29, 1.82) is 0 Å².